The SMILES string of the molecule is CC(=O)C1=C(O)C(=O)N(CCCC(=O)[O-])[C@H]1c1ccc(Cl)cc1. The summed E-state index contributed by atoms with van der Waals surface area (Å²) in [6.45, 7) is 1.35. The van der Waals surface area contributed by atoms with Crippen molar-refractivity contribution in [3.05, 3.63) is 46.2 Å². The smallest absolute Gasteiger partial charge is 0.290 e. The third-order valence-electron chi connectivity index (χ3n) is 3.65. The molecule has 23 heavy (non-hydrogen) atoms. The number of carboxylic acids is 1. The summed E-state index contributed by atoms with van der Waals surface area (Å²) >= 11 is 5.85. The zero-order valence-corrected chi connectivity index (χ0v) is 13.2. The Balaban J connectivity index is 2.36. The van der Waals surface area contributed by atoms with Gasteiger partial charge in [0, 0.05) is 17.5 Å². The van der Waals surface area contributed by atoms with Crippen LogP contribution in [0.5, 0.6) is 0 Å². The molecule has 1 atom stereocenters. The van der Waals surface area contributed by atoms with Gasteiger partial charge in [0.05, 0.1) is 11.6 Å². The molecular formula is C16H15ClNO5-. The molecule has 1 N–H and O–H groups in total. The Morgan fingerprint density at radius 1 is 1.30 bits per heavy atom. The van der Waals surface area contributed by atoms with Gasteiger partial charge in [0.25, 0.3) is 5.91 Å². The summed E-state index contributed by atoms with van der Waals surface area (Å²) in [5, 5.41) is 21.0. The van der Waals surface area contributed by atoms with Crippen LogP contribution in [0.15, 0.2) is 35.6 Å². The molecule has 2 rings (SSSR count). The Labute approximate surface area is 138 Å². The van der Waals surface area contributed by atoms with Gasteiger partial charge in [-0.2, -0.15) is 0 Å². The van der Waals surface area contributed by atoms with Crippen LogP contribution < -0.4 is 5.11 Å². The number of amides is 1. The van der Waals surface area contributed by atoms with Crippen LogP contribution in [0.2, 0.25) is 5.02 Å². The molecule has 7 heteroatoms. The largest absolute Gasteiger partial charge is 0.550 e. The van der Waals surface area contributed by atoms with Crippen molar-refractivity contribution in [2.75, 3.05) is 6.54 Å². The quantitative estimate of drug-likeness (QED) is 0.840. The monoisotopic (exact) mass is 336 g/mol. The van der Waals surface area contributed by atoms with E-state index in [1.165, 1.54) is 11.8 Å². The second-order valence-corrected chi connectivity index (χ2v) is 5.68. The number of benzene rings is 1. The molecule has 1 heterocycles. The van der Waals surface area contributed by atoms with Gasteiger partial charge in [-0.1, -0.05) is 23.7 Å². The minimum absolute atomic E-state index is 0.00534. The molecule has 1 amide bonds. The first kappa shape index (κ1) is 17.0. The van der Waals surface area contributed by atoms with E-state index < -0.39 is 29.5 Å². The molecule has 0 aliphatic carbocycles. The molecule has 1 aliphatic rings. The topological polar surface area (TPSA) is 97.7 Å². The van der Waals surface area contributed by atoms with Crippen molar-refractivity contribution in [2.24, 2.45) is 0 Å². The molecule has 0 fully saturated rings. The molecule has 0 bridgehead atoms. The standard InChI is InChI=1S/C16H16ClNO5/c1-9(19)13-14(10-4-6-11(17)7-5-10)18(16(23)15(13)22)8-2-3-12(20)21/h4-7,14,22H,2-3,8H2,1H3,(H,20,21)/p-1/t14-/m0/s1. The van der Waals surface area contributed by atoms with Crippen molar-refractivity contribution in [2.45, 2.75) is 25.8 Å². The van der Waals surface area contributed by atoms with Crippen LogP contribution in [-0.4, -0.2) is 34.2 Å². The maximum atomic E-state index is 12.2. The number of rotatable bonds is 6. The maximum Gasteiger partial charge on any atom is 0.290 e. The Morgan fingerprint density at radius 3 is 2.43 bits per heavy atom. The number of nitrogens with zero attached hydrogens (tertiary/aromatic N) is 1. The first-order valence-corrected chi connectivity index (χ1v) is 7.41. The fourth-order valence-electron chi connectivity index (χ4n) is 2.63. The van der Waals surface area contributed by atoms with E-state index in [0.717, 1.165) is 0 Å². The second-order valence-electron chi connectivity index (χ2n) is 5.25. The first-order chi connectivity index (χ1) is 10.8. The Bertz CT molecular complexity index is 680. The van der Waals surface area contributed by atoms with Gasteiger partial charge in [0.1, 0.15) is 0 Å². The van der Waals surface area contributed by atoms with Crippen molar-refractivity contribution in [3.63, 3.8) is 0 Å². The molecule has 1 aliphatic heterocycles. The molecule has 6 nitrogen and oxygen atoms in total. The number of hydrogen-bond acceptors (Lipinski definition) is 5. The first-order valence-electron chi connectivity index (χ1n) is 7.03. The maximum absolute atomic E-state index is 12.2. The normalized spacial score (nSPS) is 17.7. The summed E-state index contributed by atoms with van der Waals surface area (Å²) in [6.07, 6.45) is -0.0517. The highest BCUT2D eigenvalue weighted by Gasteiger charge is 2.41. The Morgan fingerprint density at radius 2 is 1.91 bits per heavy atom. The lowest BCUT2D eigenvalue weighted by Gasteiger charge is -2.26. The van der Waals surface area contributed by atoms with Gasteiger partial charge in [-0.3, -0.25) is 9.59 Å². The van der Waals surface area contributed by atoms with E-state index in [2.05, 4.69) is 0 Å². The van der Waals surface area contributed by atoms with Crippen LogP contribution in [0.1, 0.15) is 31.4 Å². The van der Waals surface area contributed by atoms with E-state index in [1.54, 1.807) is 24.3 Å². The number of hydrogen-bond donors (Lipinski definition) is 1. The van der Waals surface area contributed by atoms with Crippen molar-refractivity contribution in [3.8, 4) is 0 Å². The molecule has 1 aromatic carbocycles. The summed E-state index contributed by atoms with van der Waals surface area (Å²) in [6, 6.07) is 5.81. The van der Waals surface area contributed by atoms with Crippen molar-refractivity contribution in [1.29, 1.82) is 0 Å². The third kappa shape index (κ3) is 3.53. The van der Waals surface area contributed by atoms with Crippen LogP contribution in [0.3, 0.4) is 0 Å². The summed E-state index contributed by atoms with van der Waals surface area (Å²) in [5.74, 6) is -2.92. The highest BCUT2D eigenvalue weighted by molar-refractivity contribution is 6.30. The molecule has 122 valence electrons. The van der Waals surface area contributed by atoms with Crippen molar-refractivity contribution >= 4 is 29.3 Å². The summed E-state index contributed by atoms with van der Waals surface area (Å²) in [7, 11) is 0. The van der Waals surface area contributed by atoms with E-state index in [-0.39, 0.29) is 25.0 Å². The van der Waals surface area contributed by atoms with Gasteiger partial charge >= 0.3 is 0 Å². The molecule has 0 radical (unpaired) electrons. The lowest BCUT2D eigenvalue weighted by Crippen LogP contribution is -2.33. The highest BCUT2D eigenvalue weighted by atomic mass is 35.5. The predicted molar refractivity (Wildman–Crippen MR) is 80.5 cm³/mol. The van der Waals surface area contributed by atoms with Crippen molar-refractivity contribution < 1.29 is 24.6 Å². The fourth-order valence-corrected chi connectivity index (χ4v) is 2.76. The van der Waals surface area contributed by atoms with E-state index in [4.69, 9.17) is 11.6 Å². The predicted octanol–water partition coefficient (Wildman–Crippen LogP) is 1.15. The molecule has 0 saturated carbocycles. The molecule has 0 aromatic heterocycles. The minimum atomic E-state index is -1.22. The number of aliphatic hydroxyl groups is 1. The minimum Gasteiger partial charge on any atom is -0.550 e. The number of Topliss-reactive ketones (excluding diaryl/α,β-unsaturated/α-hetero) is 1. The van der Waals surface area contributed by atoms with Gasteiger partial charge in [0.15, 0.2) is 11.5 Å². The van der Waals surface area contributed by atoms with Crippen LogP contribution in [0.4, 0.5) is 0 Å². The Kier molecular flexibility index (Phi) is 5.05. The number of carboxylic acid groups (broad SMARTS) is 1. The molecule has 0 unspecified atom stereocenters. The lowest BCUT2D eigenvalue weighted by atomic mass is 9.96. The van der Waals surface area contributed by atoms with E-state index in [9.17, 15) is 24.6 Å². The van der Waals surface area contributed by atoms with Gasteiger partial charge in [0.2, 0.25) is 0 Å². The molecule has 0 spiro atoms. The van der Waals surface area contributed by atoms with E-state index in [0.29, 0.717) is 10.6 Å². The molecular weight excluding hydrogens is 322 g/mol. The molecule has 0 saturated heterocycles. The average Bonchev–Trinajstić information content (AvgIpc) is 2.72. The Hall–Kier alpha value is -2.34. The zero-order valence-electron chi connectivity index (χ0n) is 12.4. The lowest BCUT2D eigenvalue weighted by molar-refractivity contribution is -0.305. The number of ketones is 1. The number of carbonyl (C=O) groups is 3. The number of aliphatic carboxylic acids is 1. The number of halogens is 1. The van der Waals surface area contributed by atoms with E-state index in [1.807, 2.05) is 0 Å². The molecule has 1 aromatic rings. The van der Waals surface area contributed by atoms with E-state index >= 15 is 0 Å². The summed E-state index contributed by atoms with van der Waals surface area (Å²) in [4.78, 5) is 35.9. The van der Waals surface area contributed by atoms with Crippen LogP contribution in [0, 0.1) is 0 Å². The number of carbonyl (C=O) groups excluding carboxylic acids is 3. The van der Waals surface area contributed by atoms with Crippen LogP contribution >= 0.6 is 11.6 Å². The second kappa shape index (κ2) is 6.83. The number of aliphatic hydroxyl groups excluding tert-OH is 1. The summed E-state index contributed by atoms with van der Waals surface area (Å²) < 4.78 is 0. The summed E-state index contributed by atoms with van der Waals surface area (Å²) in [5.41, 5.74) is 0.622. The fraction of sp³-hybridized carbons (Fsp3) is 0.312. The highest BCUT2D eigenvalue weighted by Crippen LogP contribution is 2.38. The van der Waals surface area contributed by atoms with Gasteiger partial charge in [-0.05, 0) is 37.5 Å². The van der Waals surface area contributed by atoms with Crippen molar-refractivity contribution in [1.82, 2.24) is 4.90 Å². The van der Waals surface area contributed by atoms with Crippen LogP contribution in [0.25, 0.3) is 0 Å². The zero-order chi connectivity index (χ0) is 17.1. The van der Waals surface area contributed by atoms with Gasteiger partial charge in [-0.15, -0.1) is 0 Å². The average molecular weight is 337 g/mol. The van der Waals surface area contributed by atoms with Crippen LogP contribution in [-0.2, 0) is 14.4 Å². The van der Waals surface area contributed by atoms with Gasteiger partial charge in [-0.25, -0.2) is 0 Å². The van der Waals surface area contributed by atoms with Gasteiger partial charge < -0.3 is 19.9 Å². The third-order valence-corrected chi connectivity index (χ3v) is 3.90.